The number of ether oxygens (including phenoxy) is 3. The highest BCUT2D eigenvalue weighted by molar-refractivity contribution is 5.79. The molecule has 4 N–H and O–H groups in total. The van der Waals surface area contributed by atoms with E-state index < -0.39 is 6.10 Å². The van der Waals surface area contributed by atoms with Crippen molar-refractivity contribution in [3.05, 3.63) is 41.2 Å². The molecule has 220 valence electrons. The van der Waals surface area contributed by atoms with Crippen molar-refractivity contribution in [2.45, 2.75) is 116 Å². The highest BCUT2D eigenvalue weighted by atomic mass is 16.6. The molecule has 2 unspecified atom stereocenters. The van der Waals surface area contributed by atoms with Gasteiger partial charge in [-0.3, -0.25) is 9.59 Å². The van der Waals surface area contributed by atoms with Gasteiger partial charge in [-0.05, 0) is 85.8 Å². The number of carbonyl (C=O) groups excluding carboxylic acids is 2. The molecule has 0 bridgehead atoms. The molecule has 0 amide bonds. The van der Waals surface area contributed by atoms with Crippen molar-refractivity contribution < 1.29 is 28.9 Å². The Labute approximate surface area is 238 Å². The third-order valence-corrected chi connectivity index (χ3v) is 8.28. The maximum absolute atomic E-state index is 12.1. The molecular formula is C32H46N2O6. The number of phenols is 1. The van der Waals surface area contributed by atoms with Crippen LogP contribution in [0.5, 0.6) is 11.5 Å². The van der Waals surface area contributed by atoms with Gasteiger partial charge in [-0.15, -0.1) is 0 Å². The number of esters is 2. The molecule has 0 saturated heterocycles. The Bertz CT molecular complexity index is 1090. The number of aromatic hydroxyl groups is 1. The van der Waals surface area contributed by atoms with E-state index in [9.17, 15) is 14.7 Å². The maximum atomic E-state index is 12.1. The Balaban J connectivity index is 1.54. The molecule has 8 heteroatoms. The summed E-state index contributed by atoms with van der Waals surface area (Å²) in [7, 11) is 0. The number of carbonyl (C=O) groups is 2. The van der Waals surface area contributed by atoms with Crippen LogP contribution in [0.25, 0.3) is 5.57 Å². The number of nitrogens with one attached hydrogen (secondary N) is 1. The third-order valence-electron chi connectivity index (χ3n) is 8.28. The fourth-order valence-corrected chi connectivity index (χ4v) is 6.40. The standard InChI is InChI=1S/C32H46N2O6/c1-21(35)38-27(19-28(39-22(2)36)16-23-8-4-3-5-9-23)13-12-24-17-31(40-26-10-6-7-11-26)30(37)20-29(24)25-14-15-34-32(33)18-25/h14,17-18,20,23,26-28,34,37H,3-13,15-16,19,33H2,1-2H3. The van der Waals surface area contributed by atoms with Gasteiger partial charge in [0.25, 0.3) is 0 Å². The van der Waals surface area contributed by atoms with E-state index >= 15 is 0 Å². The Kier molecular flexibility index (Phi) is 10.8. The van der Waals surface area contributed by atoms with Gasteiger partial charge in [0.15, 0.2) is 11.5 Å². The first-order valence-corrected chi connectivity index (χ1v) is 15.1. The summed E-state index contributed by atoms with van der Waals surface area (Å²) in [6, 6.07) is 3.68. The summed E-state index contributed by atoms with van der Waals surface area (Å²) >= 11 is 0. The van der Waals surface area contributed by atoms with Gasteiger partial charge in [0.1, 0.15) is 12.2 Å². The highest BCUT2D eigenvalue weighted by Crippen LogP contribution is 2.37. The largest absolute Gasteiger partial charge is 0.504 e. The second kappa shape index (κ2) is 14.5. The molecule has 0 spiro atoms. The zero-order chi connectivity index (χ0) is 28.5. The fourth-order valence-electron chi connectivity index (χ4n) is 6.40. The predicted octanol–water partition coefficient (Wildman–Crippen LogP) is 5.66. The van der Waals surface area contributed by atoms with E-state index in [2.05, 4.69) is 5.32 Å². The van der Waals surface area contributed by atoms with E-state index in [1.165, 1.54) is 33.1 Å². The van der Waals surface area contributed by atoms with Crippen LogP contribution in [0.4, 0.5) is 0 Å². The summed E-state index contributed by atoms with van der Waals surface area (Å²) in [4.78, 5) is 24.0. The normalized spacial score (nSPS) is 19.6. The Morgan fingerprint density at radius 2 is 1.68 bits per heavy atom. The molecule has 4 rings (SSSR count). The zero-order valence-corrected chi connectivity index (χ0v) is 24.1. The summed E-state index contributed by atoms with van der Waals surface area (Å²) in [6.07, 6.45) is 15.9. The first kappa shape index (κ1) is 29.8. The number of hydrogen-bond acceptors (Lipinski definition) is 8. The van der Waals surface area contributed by atoms with Crippen LogP contribution in [0.3, 0.4) is 0 Å². The second-order valence-corrected chi connectivity index (χ2v) is 11.6. The first-order valence-electron chi connectivity index (χ1n) is 15.1. The van der Waals surface area contributed by atoms with Gasteiger partial charge in [0.05, 0.1) is 11.9 Å². The molecule has 1 heterocycles. The fraction of sp³-hybridized carbons (Fsp3) is 0.625. The molecule has 40 heavy (non-hydrogen) atoms. The average Bonchev–Trinajstić information content (AvgIpc) is 3.42. The molecule has 0 radical (unpaired) electrons. The summed E-state index contributed by atoms with van der Waals surface area (Å²) in [5.74, 6) is 1.03. The lowest BCUT2D eigenvalue weighted by molar-refractivity contribution is -0.153. The molecule has 8 nitrogen and oxygen atoms in total. The molecule has 1 aromatic carbocycles. The minimum atomic E-state index is -0.408. The second-order valence-electron chi connectivity index (χ2n) is 11.6. The van der Waals surface area contributed by atoms with Crippen molar-refractivity contribution in [1.29, 1.82) is 0 Å². The van der Waals surface area contributed by atoms with Gasteiger partial charge < -0.3 is 30.4 Å². The minimum absolute atomic E-state index is 0.107. The van der Waals surface area contributed by atoms with Crippen LogP contribution in [-0.2, 0) is 25.5 Å². The van der Waals surface area contributed by atoms with Gasteiger partial charge in [0.2, 0.25) is 0 Å². The van der Waals surface area contributed by atoms with Gasteiger partial charge in [-0.2, -0.15) is 0 Å². The molecular weight excluding hydrogens is 508 g/mol. The smallest absolute Gasteiger partial charge is 0.302 e. The lowest BCUT2D eigenvalue weighted by Gasteiger charge is -2.29. The summed E-state index contributed by atoms with van der Waals surface area (Å²) in [5, 5.41) is 14.0. The van der Waals surface area contributed by atoms with Crippen LogP contribution in [0, 0.1) is 5.92 Å². The molecule has 2 atom stereocenters. The lowest BCUT2D eigenvalue weighted by Crippen LogP contribution is -2.29. The van der Waals surface area contributed by atoms with E-state index in [0.29, 0.717) is 43.3 Å². The average molecular weight is 555 g/mol. The number of dihydropyridines is 1. The van der Waals surface area contributed by atoms with Crippen LogP contribution in [-0.4, -0.2) is 41.9 Å². The number of benzene rings is 1. The molecule has 1 aliphatic heterocycles. The van der Waals surface area contributed by atoms with Gasteiger partial charge in [-0.25, -0.2) is 0 Å². The number of hydrogen-bond donors (Lipinski definition) is 3. The van der Waals surface area contributed by atoms with Crippen molar-refractivity contribution in [2.24, 2.45) is 11.7 Å². The van der Waals surface area contributed by atoms with Crippen molar-refractivity contribution in [3.63, 3.8) is 0 Å². The number of aryl methyl sites for hydroxylation is 1. The van der Waals surface area contributed by atoms with Crippen LogP contribution in [0.15, 0.2) is 30.1 Å². The van der Waals surface area contributed by atoms with E-state index in [-0.39, 0.29) is 29.9 Å². The van der Waals surface area contributed by atoms with Crippen LogP contribution in [0.1, 0.15) is 102 Å². The molecule has 0 aromatic heterocycles. The maximum Gasteiger partial charge on any atom is 0.302 e. The van der Waals surface area contributed by atoms with E-state index in [4.69, 9.17) is 19.9 Å². The minimum Gasteiger partial charge on any atom is -0.504 e. The Morgan fingerprint density at radius 3 is 2.35 bits per heavy atom. The Morgan fingerprint density at radius 1 is 1.00 bits per heavy atom. The van der Waals surface area contributed by atoms with Crippen LogP contribution < -0.4 is 15.8 Å². The first-order chi connectivity index (χ1) is 19.3. The number of rotatable bonds is 12. The van der Waals surface area contributed by atoms with Crippen molar-refractivity contribution in [3.8, 4) is 11.5 Å². The highest BCUT2D eigenvalue weighted by Gasteiger charge is 2.27. The third kappa shape index (κ3) is 8.93. The Hall–Kier alpha value is -3.16. The van der Waals surface area contributed by atoms with Gasteiger partial charge in [0, 0.05) is 26.8 Å². The van der Waals surface area contributed by atoms with Gasteiger partial charge in [-0.1, -0.05) is 38.2 Å². The van der Waals surface area contributed by atoms with Crippen LogP contribution in [0.2, 0.25) is 0 Å². The summed E-state index contributed by atoms with van der Waals surface area (Å²) < 4.78 is 17.7. The predicted molar refractivity (Wildman–Crippen MR) is 154 cm³/mol. The molecule has 3 aliphatic rings. The molecule has 2 fully saturated rings. The van der Waals surface area contributed by atoms with Crippen molar-refractivity contribution in [1.82, 2.24) is 5.32 Å². The number of allylic oxidation sites excluding steroid dienone is 2. The molecule has 2 saturated carbocycles. The van der Waals surface area contributed by atoms with Crippen LogP contribution >= 0.6 is 0 Å². The number of phenolic OH excluding ortho intramolecular Hbond substituents is 1. The summed E-state index contributed by atoms with van der Waals surface area (Å²) in [5.41, 5.74) is 8.84. The van der Waals surface area contributed by atoms with E-state index in [0.717, 1.165) is 61.6 Å². The lowest BCUT2D eigenvalue weighted by atomic mass is 9.84. The summed E-state index contributed by atoms with van der Waals surface area (Å²) in [6.45, 7) is 3.46. The zero-order valence-electron chi connectivity index (χ0n) is 24.1. The quantitative estimate of drug-likeness (QED) is 0.283. The van der Waals surface area contributed by atoms with E-state index in [1.54, 1.807) is 6.07 Å². The van der Waals surface area contributed by atoms with Gasteiger partial charge >= 0.3 is 11.9 Å². The molecule has 1 aromatic rings. The molecule has 2 aliphatic carbocycles. The van der Waals surface area contributed by atoms with E-state index in [1.807, 2.05) is 18.2 Å². The SMILES string of the molecule is CC(=O)OC(CCc1cc(OC2CCCC2)c(O)cc1C1=CCNC(N)=C1)CC(CC1CCCCC1)OC(C)=O. The topological polar surface area (TPSA) is 120 Å². The number of nitrogens with two attached hydrogens (primary N) is 1. The monoisotopic (exact) mass is 554 g/mol. The van der Waals surface area contributed by atoms with Crippen molar-refractivity contribution in [2.75, 3.05) is 6.54 Å². The van der Waals surface area contributed by atoms with Crippen molar-refractivity contribution >= 4 is 17.5 Å².